The molecular weight excluding hydrogens is 528 g/mol. The van der Waals surface area contributed by atoms with Crippen LogP contribution in [0.2, 0.25) is 0 Å². The lowest BCUT2D eigenvalue weighted by molar-refractivity contribution is -0.128. The summed E-state index contributed by atoms with van der Waals surface area (Å²) in [5, 5.41) is 0.468. The molecule has 32 heavy (non-hydrogen) atoms. The molecule has 2 nitrogen and oxygen atoms in total. The number of ketones is 1. The van der Waals surface area contributed by atoms with Crippen molar-refractivity contribution in [1.82, 2.24) is 0 Å². The molecule has 0 aliphatic heterocycles. The van der Waals surface area contributed by atoms with Gasteiger partial charge >= 0.3 is 0 Å². The Morgan fingerprint density at radius 2 is 1.97 bits per heavy atom. The van der Waals surface area contributed by atoms with Gasteiger partial charge in [-0.2, -0.15) is 0 Å². The van der Waals surface area contributed by atoms with Crippen LogP contribution in [0.1, 0.15) is 69.1 Å². The molecule has 0 spiro atoms. The Balaban J connectivity index is 1.57. The number of hydrogen-bond acceptors (Lipinski definition) is 2. The number of fused-ring (bicyclic) bond motifs is 3. The van der Waals surface area contributed by atoms with Crippen LogP contribution < -0.4 is 4.74 Å². The highest BCUT2D eigenvalue weighted by Gasteiger charge is 2.51. The van der Waals surface area contributed by atoms with Gasteiger partial charge in [-0.1, -0.05) is 73.5 Å². The first-order chi connectivity index (χ1) is 15.4. The summed E-state index contributed by atoms with van der Waals surface area (Å²) in [6, 6.07) is 14.9. The molecule has 2 aromatic rings. The van der Waals surface area contributed by atoms with Crippen molar-refractivity contribution in [3.63, 3.8) is 0 Å². The van der Waals surface area contributed by atoms with Crippen LogP contribution in [0.15, 0.2) is 46.9 Å². The molecule has 1 saturated carbocycles. The van der Waals surface area contributed by atoms with Crippen molar-refractivity contribution in [1.29, 1.82) is 0 Å². The van der Waals surface area contributed by atoms with Gasteiger partial charge in [0.25, 0.3) is 0 Å². The Labute approximate surface area is 209 Å². The maximum Gasteiger partial charge on any atom is 0.146 e. The summed E-state index contributed by atoms with van der Waals surface area (Å²) in [6.45, 7) is 7.45. The number of carbonyl (C=O) groups is 1. The summed E-state index contributed by atoms with van der Waals surface area (Å²) >= 11 is 7.21. The molecule has 0 unspecified atom stereocenters. The third-order valence-electron chi connectivity index (χ3n) is 8.50. The van der Waals surface area contributed by atoms with E-state index >= 15 is 0 Å². The minimum atomic E-state index is 0.0915. The van der Waals surface area contributed by atoms with Crippen LogP contribution in [0, 0.1) is 23.2 Å². The number of hydrogen-bond donors (Lipinski definition) is 0. The van der Waals surface area contributed by atoms with Gasteiger partial charge in [-0.25, -0.2) is 0 Å². The van der Waals surface area contributed by atoms with Crippen LogP contribution >= 0.6 is 31.9 Å². The van der Waals surface area contributed by atoms with Gasteiger partial charge in [-0.3, -0.25) is 4.79 Å². The third-order valence-corrected chi connectivity index (χ3v) is 9.67. The smallest absolute Gasteiger partial charge is 0.146 e. The van der Waals surface area contributed by atoms with Crippen molar-refractivity contribution in [2.75, 3.05) is 5.33 Å². The van der Waals surface area contributed by atoms with E-state index in [-0.39, 0.29) is 11.3 Å². The van der Waals surface area contributed by atoms with Gasteiger partial charge in [0.05, 0.1) is 9.80 Å². The zero-order valence-electron chi connectivity index (χ0n) is 19.4. The Hall–Kier alpha value is -1.13. The largest absolute Gasteiger partial charge is 0.488 e. The quantitative estimate of drug-likeness (QED) is 0.319. The second-order valence-electron chi connectivity index (χ2n) is 9.95. The topological polar surface area (TPSA) is 26.3 Å². The molecule has 2 aliphatic rings. The molecule has 4 rings (SSSR count). The van der Waals surface area contributed by atoms with Crippen LogP contribution in [0.3, 0.4) is 0 Å². The van der Waals surface area contributed by atoms with E-state index in [0.29, 0.717) is 35.5 Å². The monoisotopic (exact) mass is 560 g/mol. The maximum absolute atomic E-state index is 12.6. The molecular formula is C28H34Br2O2. The van der Waals surface area contributed by atoms with Crippen molar-refractivity contribution in [2.24, 2.45) is 23.2 Å². The minimum absolute atomic E-state index is 0.0915. The fourth-order valence-corrected chi connectivity index (χ4v) is 7.52. The highest BCUT2D eigenvalue weighted by atomic mass is 79.9. The van der Waals surface area contributed by atoms with Gasteiger partial charge in [0.1, 0.15) is 18.1 Å². The van der Waals surface area contributed by atoms with Gasteiger partial charge < -0.3 is 4.74 Å². The van der Waals surface area contributed by atoms with E-state index in [1.165, 1.54) is 29.5 Å². The predicted molar refractivity (Wildman–Crippen MR) is 139 cm³/mol. The van der Waals surface area contributed by atoms with E-state index in [4.69, 9.17) is 4.74 Å². The SMILES string of the molecule is CC[C@H]1[C@@H]2CCc3cc(OCc4ccccc4)c(Br)cc3[C@H]2CC[C@]1(C)[C@H](C)C(=O)CBr. The van der Waals surface area contributed by atoms with E-state index in [1.54, 1.807) is 0 Å². The summed E-state index contributed by atoms with van der Waals surface area (Å²) in [5.41, 5.74) is 4.22. The highest BCUT2D eigenvalue weighted by Crippen LogP contribution is 2.59. The zero-order chi connectivity index (χ0) is 22.9. The molecule has 0 saturated heterocycles. The molecule has 1 fully saturated rings. The molecule has 4 heteroatoms. The van der Waals surface area contributed by atoms with Crippen molar-refractivity contribution in [2.45, 2.75) is 65.4 Å². The first kappa shape index (κ1) is 24.0. The van der Waals surface area contributed by atoms with E-state index < -0.39 is 0 Å². The zero-order valence-corrected chi connectivity index (χ0v) is 22.5. The number of halogens is 2. The molecule has 0 heterocycles. The normalized spacial score (nSPS) is 27.8. The number of alkyl halides is 1. The second-order valence-corrected chi connectivity index (χ2v) is 11.4. The number of benzene rings is 2. The van der Waals surface area contributed by atoms with Crippen molar-refractivity contribution < 1.29 is 9.53 Å². The average Bonchev–Trinajstić information content (AvgIpc) is 2.82. The predicted octanol–water partition coefficient (Wildman–Crippen LogP) is 8.10. The fourth-order valence-electron chi connectivity index (χ4n) is 6.55. The van der Waals surface area contributed by atoms with Crippen molar-refractivity contribution in [3.8, 4) is 5.75 Å². The molecule has 0 aromatic heterocycles. The van der Waals surface area contributed by atoms with Crippen LogP contribution in [-0.2, 0) is 17.8 Å². The van der Waals surface area contributed by atoms with E-state index in [2.05, 4.69) is 76.9 Å². The molecule has 0 N–H and O–H groups in total. The number of aryl methyl sites for hydroxylation is 1. The molecule has 0 radical (unpaired) electrons. The summed E-state index contributed by atoms with van der Waals surface area (Å²) in [7, 11) is 0. The number of carbonyl (C=O) groups excluding carboxylic acids is 1. The van der Waals surface area contributed by atoms with Crippen LogP contribution in [0.5, 0.6) is 5.75 Å². The Morgan fingerprint density at radius 3 is 2.66 bits per heavy atom. The van der Waals surface area contributed by atoms with Gasteiger partial charge in [0, 0.05) is 5.92 Å². The standard InChI is InChI=1S/C28H34Br2O2/c1-4-24-22-11-10-20-14-27(32-17-19-8-6-5-7-9-19)25(30)15-23(20)21(22)12-13-28(24,3)18(2)26(31)16-29/h5-9,14-15,18,21-22,24H,4,10-13,16-17H2,1-3H3/t18-,21+,22-,24+,28-/m1/s1. The molecule has 5 atom stereocenters. The van der Waals surface area contributed by atoms with E-state index in [1.807, 2.05) is 18.2 Å². The molecule has 2 aliphatic carbocycles. The Bertz CT molecular complexity index is 957. The molecule has 2 aromatic carbocycles. The van der Waals surface area contributed by atoms with Gasteiger partial charge in [-0.15, -0.1) is 0 Å². The maximum atomic E-state index is 12.6. The second kappa shape index (κ2) is 10.0. The third kappa shape index (κ3) is 4.46. The summed E-state index contributed by atoms with van der Waals surface area (Å²) in [6.07, 6.45) is 5.74. The molecule has 0 amide bonds. The van der Waals surface area contributed by atoms with Crippen LogP contribution in [-0.4, -0.2) is 11.1 Å². The lowest BCUT2D eigenvalue weighted by Gasteiger charge is -2.54. The first-order valence-electron chi connectivity index (χ1n) is 12.0. The lowest BCUT2D eigenvalue weighted by atomic mass is 9.50. The fraction of sp³-hybridized carbons (Fsp3) is 0.536. The molecule has 172 valence electrons. The summed E-state index contributed by atoms with van der Waals surface area (Å²) in [5.74, 6) is 3.22. The van der Waals surface area contributed by atoms with Gasteiger partial charge in [0.15, 0.2) is 0 Å². The first-order valence-corrected chi connectivity index (χ1v) is 13.9. The van der Waals surface area contributed by atoms with E-state index in [9.17, 15) is 4.79 Å². The molecule has 0 bridgehead atoms. The van der Waals surface area contributed by atoms with Crippen molar-refractivity contribution >= 4 is 37.6 Å². The van der Waals surface area contributed by atoms with Crippen molar-refractivity contribution in [3.05, 3.63) is 63.6 Å². The summed E-state index contributed by atoms with van der Waals surface area (Å²) < 4.78 is 7.23. The van der Waals surface area contributed by atoms with Gasteiger partial charge in [0.2, 0.25) is 0 Å². The Morgan fingerprint density at radius 1 is 1.22 bits per heavy atom. The average molecular weight is 562 g/mol. The Kier molecular flexibility index (Phi) is 7.51. The summed E-state index contributed by atoms with van der Waals surface area (Å²) in [4.78, 5) is 12.6. The van der Waals surface area contributed by atoms with Gasteiger partial charge in [-0.05, 0) is 93.6 Å². The minimum Gasteiger partial charge on any atom is -0.488 e. The number of Topliss-reactive ketones (excluding diaryl/α,β-unsaturated/α-hetero) is 1. The number of ether oxygens (including phenoxy) is 1. The van der Waals surface area contributed by atoms with Crippen LogP contribution in [0.25, 0.3) is 0 Å². The highest BCUT2D eigenvalue weighted by molar-refractivity contribution is 9.10. The lowest BCUT2D eigenvalue weighted by Crippen LogP contribution is -2.47. The van der Waals surface area contributed by atoms with Crippen LogP contribution in [0.4, 0.5) is 0 Å². The number of rotatable bonds is 7. The van der Waals surface area contributed by atoms with E-state index in [0.717, 1.165) is 29.5 Å².